The van der Waals surface area contributed by atoms with E-state index in [1.165, 1.54) is 7.11 Å². The maximum absolute atomic E-state index is 11.5. The van der Waals surface area contributed by atoms with E-state index in [4.69, 9.17) is 15.2 Å². The van der Waals surface area contributed by atoms with Crippen LogP contribution in [0.15, 0.2) is 24.3 Å². The van der Waals surface area contributed by atoms with E-state index in [0.29, 0.717) is 17.1 Å². The molecule has 19 heavy (non-hydrogen) atoms. The molecular weight excluding hydrogens is 248 g/mol. The van der Waals surface area contributed by atoms with Gasteiger partial charge in [-0.25, -0.2) is 4.79 Å². The number of anilines is 1. The molecule has 0 aliphatic carbocycles. The summed E-state index contributed by atoms with van der Waals surface area (Å²) < 4.78 is 15.2. The molecule has 2 aromatic rings. The SMILES string of the molecule is COC(=O)c1cc(-c2ccc3c(c2)OCO3)[nH]c1N. The van der Waals surface area contributed by atoms with Crippen LogP contribution in [0.2, 0.25) is 0 Å². The molecule has 0 fully saturated rings. The first-order valence-corrected chi connectivity index (χ1v) is 5.66. The lowest BCUT2D eigenvalue weighted by molar-refractivity contribution is 0.0602. The monoisotopic (exact) mass is 260 g/mol. The number of aromatic nitrogens is 1. The Hall–Kier alpha value is -2.63. The van der Waals surface area contributed by atoms with Gasteiger partial charge in [0.05, 0.1) is 7.11 Å². The summed E-state index contributed by atoms with van der Waals surface area (Å²) in [7, 11) is 1.31. The van der Waals surface area contributed by atoms with Crippen LogP contribution in [-0.4, -0.2) is 24.9 Å². The normalized spacial score (nSPS) is 12.5. The van der Waals surface area contributed by atoms with Crippen molar-refractivity contribution in [3.8, 4) is 22.8 Å². The van der Waals surface area contributed by atoms with Crippen LogP contribution >= 0.6 is 0 Å². The Morgan fingerprint density at radius 2 is 2.11 bits per heavy atom. The van der Waals surface area contributed by atoms with E-state index in [1.807, 2.05) is 18.2 Å². The smallest absolute Gasteiger partial charge is 0.341 e. The molecule has 1 aromatic carbocycles. The van der Waals surface area contributed by atoms with Crippen molar-refractivity contribution in [2.24, 2.45) is 0 Å². The summed E-state index contributed by atoms with van der Waals surface area (Å²) >= 11 is 0. The van der Waals surface area contributed by atoms with Crippen LogP contribution in [0.25, 0.3) is 11.3 Å². The quantitative estimate of drug-likeness (QED) is 0.804. The Kier molecular flexibility index (Phi) is 2.56. The Balaban J connectivity index is 2.01. The largest absolute Gasteiger partial charge is 0.465 e. The van der Waals surface area contributed by atoms with Crippen molar-refractivity contribution < 1.29 is 19.0 Å². The number of nitrogens with two attached hydrogens (primary N) is 1. The van der Waals surface area contributed by atoms with Gasteiger partial charge in [-0.3, -0.25) is 0 Å². The zero-order valence-electron chi connectivity index (χ0n) is 10.2. The fourth-order valence-corrected chi connectivity index (χ4v) is 1.97. The number of fused-ring (bicyclic) bond motifs is 1. The van der Waals surface area contributed by atoms with E-state index in [9.17, 15) is 4.79 Å². The molecule has 6 heteroatoms. The van der Waals surface area contributed by atoms with Crippen molar-refractivity contribution in [2.75, 3.05) is 19.6 Å². The molecule has 1 aliphatic heterocycles. The van der Waals surface area contributed by atoms with Gasteiger partial charge in [-0.2, -0.15) is 0 Å². The van der Waals surface area contributed by atoms with E-state index in [-0.39, 0.29) is 12.6 Å². The molecule has 0 spiro atoms. The first-order valence-electron chi connectivity index (χ1n) is 5.66. The number of benzene rings is 1. The van der Waals surface area contributed by atoms with Crippen LogP contribution in [-0.2, 0) is 4.74 Å². The van der Waals surface area contributed by atoms with Crippen LogP contribution in [0.5, 0.6) is 11.5 Å². The van der Waals surface area contributed by atoms with Crippen molar-refractivity contribution in [2.45, 2.75) is 0 Å². The third kappa shape index (κ3) is 1.87. The number of nitrogen functional groups attached to an aromatic ring is 1. The number of carbonyl (C=O) groups is 1. The number of rotatable bonds is 2. The molecule has 0 atom stereocenters. The Morgan fingerprint density at radius 3 is 2.89 bits per heavy atom. The Morgan fingerprint density at radius 1 is 1.32 bits per heavy atom. The molecule has 1 aliphatic rings. The summed E-state index contributed by atoms with van der Waals surface area (Å²) in [5.41, 5.74) is 7.64. The first-order chi connectivity index (χ1) is 9.19. The minimum absolute atomic E-state index is 0.221. The molecule has 0 amide bonds. The second-order valence-corrected chi connectivity index (χ2v) is 4.07. The fourth-order valence-electron chi connectivity index (χ4n) is 1.97. The number of ether oxygens (including phenoxy) is 3. The first kappa shape index (κ1) is 11.5. The maximum Gasteiger partial charge on any atom is 0.341 e. The molecule has 2 heterocycles. The third-order valence-corrected chi connectivity index (χ3v) is 2.94. The van der Waals surface area contributed by atoms with Crippen LogP contribution in [0.1, 0.15) is 10.4 Å². The molecule has 0 saturated carbocycles. The van der Waals surface area contributed by atoms with E-state index in [0.717, 1.165) is 11.3 Å². The molecule has 98 valence electrons. The Bertz CT molecular complexity index is 648. The molecule has 0 radical (unpaired) electrons. The van der Waals surface area contributed by atoms with Crippen LogP contribution < -0.4 is 15.2 Å². The number of aromatic amines is 1. The number of carbonyl (C=O) groups excluding carboxylic acids is 1. The summed E-state index contributed by atoms with van der Waals surface area (Å²) in [5.74, 6) is 1.18. The van der Waals surface area contributed by atoms with Crippen molar-refractivity contribution >= 4 is 11.8 Å². The molecule has 6 nitrogen and oxygen atoms in total. The molecule has 3 rings (SSSR count). The topological polar surface area (TPSA) is 86.6 Å². The molecule has 0 unspecified atom stereocenters. The second kappa shape index (κ2) is 4.24. The highest BCUT2D eigenvalue weighted by Crippen LogP contribution is 2.36. The average molecular weight is 260 g/mol. The predicted molar refractivity (Wildman–Crippen MR) is 68.1 cm³/mol. The molecule has 3 N–H and O–H groups in total. The average Bonchev–Trinajstić information content (AvgIpc) is 3.03. The highest BCUT2D eigenvalue weighted by Gasteiger charge is 2.17. The summed E-state index contributed by atoms with van der Waals surface area (Å²) in [4.78, 5) is 14.4. The van der Waals surface area contributed by atoms with Crippen molar-refractivity contribution in [3.05, 3.63) is 29.8 Å². The van der Waals surface area contributed by atoms with E-state index < -0.39 is 5.97 Å². The molecular formula is C13H12N2O4. The van der Waals surface area contributed by atoms with Crippen LogP contribution in [0.3, 0.4) is 0 Å². The summed E-state index contributed by atoms with van der Waals surface area (Å²) in [6.07, 6.45) is 0. The standard InChI is InChI=1S/C13H12N2O4/c1-17-13(16)8-5-9(15-12(8)14)7-2-3-10-11(4-7)19-6-18-10/h2-5,15H,6,14H2,1H3. The highest BCUT2D eigenvalue weighted by atomic mass is 16.7. The van der Waals surface area contributed by atoms with Gasteiger partial charge in [0.2, 0.25) is 6.79 Å². The lowest BCUT2D eigenvalue weighted by Crippen LogP contribution is -2.02. The van der Waals surface area contributed by atoms with Gasteiger partial charge >= 0.3 is 5.97 Å². The third-order valence-electron chi connectivity index (χ3n) is 2.94. The van der Waals surface area contributed by atoms with Gasteiger partial charge in [0.25, 0.3) is 0 Å². The van der Waals surface area contributed by atoms with E-state index >= 15 is 0 Å². The lowest BCUT2D eigenvalue weighted by atomic mass is 10.1. The molecule has 1 aromatic heterocycles. The van der Waals surface area contributed by atoms with Gasteiger partial charge < -0.3 is 24.9 Å². The number of methoxy groups -OCH3 is 1. The minimum atomic E-state index is -0.472. The summed E-state index contributed by atoms with van der Waals surface area (Å²) in [5, 5.41) is 0. The minimum Gasteiger partial charge on any atom is -0.465 e. The van der Waals surface area contributed by atoms with Gasteiger partial charge in [0, 0.05) is 11.3 Å². The number of hydrogen-bond acceptors (Lipinski definition) is 5. The number of nitrogens with one attached hydrogen (secondary N) is 1. The van der Waals surface area contributed by atoms with Crippen LogP contribution in [0, 0.1) is 0 Å². The second-order valence-electron chi connectivity index (χ2n) is 4.07. The van der Waals surface area contributed by atoms with Gasteiger partial charge in [0.1, 0.15) is 11.4 Å². The van der Waals surface area contributed by atoms with Crippen molar-refractivity contribution in [1.29, 1.82) is 0 Å². The fraction of sp³-hybridized carbons (Fsp3) is 0.154. The van der Waals surface area contributed by atoms with Crippen molar-refractivity contribution in [3.63, 3.8) is 0 Å². The van der Waals surface area contributed by atoms with Gasteiger partial charge in [-0.05, 0) is 24.3 Å². The highest BCUT2D eigenvalue weighted by molar-refractivity contribution is 5.96. The predicted octanol–water partition coefficient (Wildman–Crippen LogP) is 1.78. The molecule has 0 bridgehead atoms. The number of H-pyrrole nitrogens is 1. The van der Waals surface area contributed by atoms with Gasteiger partial charge in [-0.1, -0.05) is 0 Å². The number of esters is 1. The summed E-state index contributed by atoms with van der Waals surface area (Å²) in [6, 6.07) is 7.15. The lowest BCUT2D eigenvalue weighted by Gasteiger charge is -2.00. The zero-order chi connectivity index (χ0) is 13.4. The van der Waals surface area contributed by atoms with Crippen molar-refractivity contribution in [1.82, 2.24) is 4.98 Å². The van der Waals surface area contributed by atoms with E-state index in [2.05, 4.69) is 9.72 Å². The van der Waals surface area contributed by atoms with Gasteiger partial charge in [0.15, 0.2) is 11.5 Å². The summed E-state index contributed by atoms with van der Waals surface area (Å²) in [6.45, 7) is 0.221. The zero-order valence-corrected chi connectivity index (χ0v) is 10.2. The maximum atomic E-state index is 11.5. The number of hydrogen-bond donors (Lipinski definition) is 2. The van der Waals surface area contributed by atoms with E-state index in [1.54, 1.807) is 6.07 Å². The van der Waals surface area contributed by atoms with Gasteiger partial charge in [-0.15, -0.1) is 0 Å². The Labute approximate surface area is 109 Å². The van der Waals surface area contributed by atoms with Crippen LogP contribution in [0.4, 0.5) is 5.82 Å². The molecule has 0 saturated heterocycles.